The number of aromatic nitrogens is 2. The van der Waals surface area contributed by atoms with Gasteiger partial charge in [-0.15, -0.1) is 12.6 Å². The van der Waals surface area contributed by atoms with Gasteiger partial charge in [-0.2, -0.15) is 0 Å². The van der Waals surface area contributed by atoms with Crippen molar-refractivity contribution in [1.29, 1.82) is 0 Å². The quantitative estimate of drug-likeness (QED) is 0.439. The summed E-state index contributed by atoms with van der Waals surface area (Å²) < 4.78 is 0. The van der Waals surface area contributed by atoms with Crippen LogP contribution in [-0.2, 0) is 9.59 Å². The van der Waals surface area contributed by atoms with Gasteiger partial charge in [0.2, 0.25) is 0 Å². The van der Waals surface area contributed by atoms with E-state index >= 15 is 0 Å². The van der Waals surface area contributed by atoms with E-state index in [2.05, 4.69) is 60.9 Å². The summed E-state index contributed by atoms with van der Waals surface area (Å²) in [5, 5.41) is 14.8. The second kappa shape index (κ2) is 15.2. The van der Waals surface area contributed by atoms with E-state index in [1.807, 2.05) is 12.1 Å². The van der Waals surface area contributed by atoms with E-state index in [1.165, 1.54) is 0 Å². The van der Waals surface area contributed by atoms with Gasteiger partial charge in [-0.1, -0.05) is 39.8 Å². The lowest BCUT2D eigenvalue weighted by atomic mass is 10.1. The highest BCUT2D eigenvalue weighted by molar-refractivity contribution is 7.96. The molecule has 4 N–H and O–H groups in total. The van der Waals surface area contributed by atoms with Crippen LogP contribution in [0, 0.1) is 0 Å². The number of carboxylic acids is 1. The third-order valence-corrected chi connectivity index (χ3v) is 3.60. The van der Waals surface area contributed by atoms with Gasteiger partial charge < -0.3 is 20.7 Å². The first-order valence-electron chi connectivity index (χ1n) is 9.21. The van der Waals surface area contributed by atoms with E-state index in [9.17, 15) is 9.59 Å². The minimum absolute atomic E-state index is 0.182. The molecule has 1 aromatic heterocycles. The van der Waals surface area contributed by atoms with Gasteiger partial charge in [0, 0.05) is 6.42 Å². The van der Waals surface area contributed by atoms with Crippen LogP contribution in [0.4, 0.5) is 0 Å². The summed E-state index contributed by atoms with van der Waals surface area (Å²) in [5.41, 5.74) is 1.43. The molecule has 8 heteroatoms. The number of nitrogens with one attached hydrogen (secondary N) is 3. The van der Waals surface area contributed by atoms with E-state index in [0.717, 1.165) is 31.7 Å². The third-order valence-electron chi connectivity index (χ3n) is 3.41. The van der Waals surface area contributed by atoms with Crippen molar-refractivity contribution in [2.45, 2.75) is 40.0 Å². The Morgan fingerprint density at radius 2 is 1.59 bits per heavy atom. The minimum atomic E-state index is -1.09. The van der Waals surface area contributed by atoms with E-state index in [-0.39, 0.29) is 12.2 Å². The lowest BCUT2D eigenvalue weighted by Gasteiger charge is -2.05. The third kappa shape index (κ3) is 10.7. The van der Waals surface area contributed by atoms with Gasteiger partial charge >= 0.3 is 5.97 Å². The van der Waals surface area contributed by atoms with Gasteiger partial charge in [0.1, 0.15) is 11.7 Å². The van der Waals surface area contributed by atoms with Crippen LogP contribution in [0.25, 0.3) is 11.0 Å². The van der Waals surface area contributed by atoms with Crippen LogP contribution in [0.15, 0.2) is 24.3 Å². The average molecular weight is 397 g/mol. The molecule has 7 nitrogen and oxygen atoms in total. The van der Waals surface area contributed by atoms with Gasteiger partial charge in [-0.05, 0) is 38.3 Å². The zero-order valence-electron chi connectivity index (χ0n) is 16.6. The predicted octanol–water partition coefficient (Wildman–Crippen LogP) is 2.81. The molecule has 2 rings (SSSR count). The lowest BCUT2D eigenvalue weighted by molar-refractivity contribution is -0.140. The number of aliphatic carboxylic acids is 1. The predicted molar refractivity (Wildman–Crippen MR) is 114 cm³/mol. The fourth-order valence-corrected chi connectivity index (χ4v) is 2.30. The normalized spacial score (nSPS) is 11.0. The number of carboxylic acid groups (broad SMARTS) is 1. The molecule has 27 heavy (non-hydrogen) atoms. The first-order chi connectivity index (χ1) is 12.9. The number of imidazole rings is 1. The number of aromatic amines is 1. The van der Waals surface area contributed by atoms with Crippen molar-refractivity contribution in [1.82, 2.24) is 20.6 Å². The van der Waals surface area contributed by atoms with E-state index < -0.39 is 17.0 Å². The standard InChI is InChI=1S/C11H10N2O3S.2C4H11N/c14-9(17)5-6(11(15)16)10-12-7-3-1-2-4-8(7)13-10;2*1-3-5-4-2/h1-4,6H,5H2,(H,12,13)(H,14,17)(H,15,16);2*5H,3-4H2,1-2H3. The summed E-state index contributed by atoms with van der Waals surface area (Å²) >= 11 is 3.60. The first-order valence-corrected chi connectivity index (χ1v) is 9.66. The first kappa shape index (κ1) is 25.1. The minimum Gasteiger partial charge on any atom is -0.481 e. The van der Waals surface area contributed by atoms with Crippen molar-refractivity contribution in [3.8, 4) is 0 Å². The van der Waals surface area contributed by atoms with Crippen LogP contribution in [0.5, 0.6) is 0 Å². The molecule has 0 saturated carbocycles. The maximum absolute atomic E-state index is 11.1. The van der Waals surface area contributed by atoms with Crippen LogP contribution < -0.4 is 10.6 Å². The molecule has 0 radical (unpaired) electrons. The molecule has 0 saturated heterocycles. The maximum Gasteiger partial charge on any atom is 0.314 e. The second-order valence-electron chi connectivity index (χ2n) is 5.54. The number of thiol groups is 1. The molecular formula is C19H32N4O3S. The zero-order chi connectivity index (χ0) is 20.7. The molecule has 0 aliphatic rings. The Morgan fingerprint density at radius 1 is 1.07 bits per heavy atom. The van der Waals surface area contributed by atoms with Crippen molar-refractivity contribution >= 4 is 34.7 Å². The molecule has 0 fully saturated rings. The van der Waals surface area contributed by atoms with E-state index in [4.69, 9.17) is 5.11 Å². The van der Waals surface area contributed by atoms with Crippen LogP contribution in [0.1, 0.15) is 45.9 Å². The van der Waals surface area contributed by atoms with Gasteiger partial charge in [-0.25, -0.2) is 4.98 Å². The number of rotatable bonds is 8. The van der Waals surface area contributed by atoms with Gasteiger partial charge in [0.25, 0.3) is 0 Å². The number of H-pyrrole nitrogens is 1. The summed E-state index contributed by atoms with van der Waals surface area (Å²) in [5.74, 6) is -1.79. The average Bonchev–Trinajstić information content (AvgIpc) is 3.05. The Bertz CT molecular complexity index is 633. The smallest absolute Gasteiger partial charge is 0.314 e. The Hall–Kier alpha value is -1.90. The number of hydrogen-bond acceptors (Lipinski definition) is 5. The largest absolute Gasteiger partial charge is 0.481 e. The summed E-state index contributed by atoms with van der Waals surface area (Å²) in [6.07, 6.45) is -0.182. The molecular weight excluding hydrogens is 364 g/mol. The SMILES string of the molecule is CCNCC.CCNCC.O=C(S)CC(C(=O)O)c1nc2ccccc2[nH]1. The number of carbonyl (C=O) groups is 2. The topological polar surface area (TPSA) is 107 Å². The van der Waals surface area contributed by atoms with Gasteiger partial charge in [0.15, 0.2) is 5.12 Å². The van der Waals surface area contributed by atoms with Crippen molar-refractivity contribution in [2.75, 3.05) is 26.2 Å². The number of benzene rings is 1. The fourth-order valence-electron chi connectivity index (χ4n) is 2.11. The fraction of sp³-hybridized carbons (Fsp3) is 0.526. The van der Waals surface area contributed by atoms with Crippen molar-refractivity contribution in [3.05, 3.63) is 30.1 Å². The molecule has 1 unspecified atom stereocenters. The summed E-state index contributed by atoms with van der Waals surface area (Å²) in [6, 6.07) is 7.21. The molecule has 1 heterocycles. The van der Waals surface area contributed by atoms with Gasteiger partial charge in [0.05, 0.1) is 11.0 Å². The second-order valence-corrected chi connectivity index (χ2v) is 6.04. The Kier molecular flexibility index (Phi) is 14.1. The molecule has 0 aliphatic heterocycles. The molecule has 0 amide bonds. The van der Waals surface area contributed by atoms with Crippen molar-refractivity contribution in [2.24, 2.45) is 0 Å². The molecule has 1 atom stereocenters. The molecule has 0 spiro atoms. The van der Waals surface area contributed by atoms with Crippen LogP contribution in [0.3, 0.4) is 0 Å². The highest BCUT2D eigenvalue weighted by Gasteiger charge is 2.25. The van der Waals surface area contributed by atoms with Gasteiger partial charge in [-0.3, -0.25) is 9.59 Å². The van der Waals surface area contributed by atoms with Crippen molar-refractivity contribution < 1.29 is 14.7 Å². The van der Waals surface area contributed by atoms with Crippen molar-refractivity contribution in [3.63, 3.8) is 0 Å². The molecule has 0 aliphatic carbocycles. The Balaban J connectivity index is 0.000000563. The number of nitrogens with zero attached hydrogens (tertiary/aromatic N) is 1. The van der Waals surface area contributed by atoms with E-state index in [0.29, 0.717) is 5.52 Å². The Morgan fingerprint density at radius 3 is 1.96 bits per heavy atom. The van der Waals surface area contributed by atoms with Crippen LogP contribution >= 0.6 is 12.6 Å². The molecule has 0 bridgehead atoms. The zero-order valence-corrected chi connectivity index (χ0v) is 17.5. The van der Waals surface area contributed by atoms with Crippen LogP contribution in [-0.4, -0.2) is 52.3 Å². The molecule has 2 aromatic rings. The highest BCUT2D eigenvalue weighted by atomic mass is 32.1. The summed E-state index contributed by atoms with van der Waals surface area (Å²) in [6.45, 7) is 12.8. The number of fused-ring (bicyclic) bond motifs is 1. The molecule has 1 aromatic carbocycles. The highest BCUT2D eigenvalue weighted by Crippen LogP contribution is 2.21. The van der Waals surface area contributed by atoms with E-state index in [1.54, 1.807) is 12.1 Å². The maximum atomic E-state index is 11.1. The van der Waals surface area contributed by atoms with Crippen LogP contribution in [0.2, 0.25) is 0 Å². The summed E-state index contributed by atoms with van der Waals surface area (Å²) in [4.78, 5) is 29.0. The Labute approximate surface area is 166 Å². The number of hydrogen-bond donors (Lipinski definition) is 5. The summed E-state index contributed by atoms with van der Waals surface area (Å²) in [7, 11) is 0. The number of carbonyl (C=O) groups excluding carboxylic acids is 1. The lowest BCUT2D eigenvalue weighted by Crippen LogP contribution is -2.15. The number of para-hydroxylation sites is 2. The monoisotopic (exact) mass is 396 g/mol. The molecule has 152 valence electrons.